The molecule has 0 aliphatic carbocycles. The highest BCUT2D eigenvalue weighted by Gasteiger charge is 2.18. The number of nitrogens with zero attached hydrogens (tertiary/aromatic N) is 3. The highest BCUT2D eigenvalue weighted by atomic mass is 16.8. The maximum absolute atomic E-state index is 11.9. The minimum absolute atomic E-state index is 0.124. The summed E-state index contributed by atoms with van der Waals surface area (Å²) in [6.07, 6.45) is -1.63. The zero-order valence-electron chi connectivity index (χ0n) is 18.8. The van der Waals surface area contributed by atoms with Gasteiger partial charge in [0.1, 0.15) is 0 Å². The Morgan fingerprint density at radius 2 is 1.23 bits per heavy atom. The normalized spacial score (nSPS) is 13.1. The van der Waals surface area contributed by atoms with Crippen LogP contribution in [0.2, 0.25) is 0 Å². The van der Waals surface area contributed by atoms with Crippen molar-refractivity contribution in [3.63, 3.8) is 0 Å². The number of fused-ring (bicyclic) bond motifs is 2. The summed E-state index contributed by atoms with van der Waals surface area (Å²) in [5.74, 6) is 0. The van der Waals surface area contributed by atoms with Crippen molar-refractivity contribution in [2.24, 2.45) is 0 Å². The van der Waals surface area contributed by atoms with Crippen LogP contribution in [-0.4, -0.2) is 25.4 Å². The molecule has 0 amide bonds. The zero-order chi connectivity index (χ0) is 24.4. The van der Waals surface area contributed by atoms with Crippen LogP contribution < -0.4 is 5.23 Å². The van der Waals surface area contributed by atoms with Crippen LogP contribution in [0.15, 0.2) is 91.0 Å². The molecule has 0 aliphatic heterocycles. The van der Waals surface area contributed by atoms with Crippen LogP contribution in [-0.2, 0) is 12.8 Å². The van der Waals surface area contributed by atoms with E-state index in [9.17, 15) is 20.6 Å². The minimum atomic E-state index is -1.07. The van der Waals surface area contributed by atoms with Crippen molar-refractivity contribution in [1.29, 1.82) is 0 Å². The van der Waals surface area contributed by atoms with Gasteiger partial charge in [-0.2, -0.15) is 0 Å². The number of rotatable bonds is 7. The Kier molecular flexibility index (Phi) is 6.39. The van der Waals surface area contributed by atoms with Crippen molar-refractivity contribution in [2.75, 3.05) is 5.23 Å². The second-order valence-corrected chi connectivity index (χ2v) is 8.52. The number of pyridine rings is 2. The van der Waals surface area contributed by atoms with Crippen molar-refractivity contribution in [3.05, 3.63) is 119 Å². The van der Waals surface area contributed by atoms with Gasteiger partial charge in [0.05, 0.1) is 28.9 Å². The van der Waals surface area contributed by atoms with Gasteiger partial charge in [0.2, 0.25) is 0 Å². The van der Waals surface area contributed by atoms with Gasteiger partial charge in [-0.25, -0.2) is 0 Å². The number of aliphatic hydroxyl groups is 2. The molecule has 0 saturated heterocycles. The van der Waals surface area contributed by atoms with Crippen LogP contribution in [0.4, 0.5) is 5.69 Å². The summed E-state index contributed by atoms with van der Waals surface area (Å²) in [6.45, 7) is 0. The number of hydrogen-bond acceptors (Lipinski definition) is 7. The molecule has 176 valence electrons. The molecule has 5 rings (SSSR count). The fourth-order valence-corrected chi connectivity index (χ4v) is 4.28. The molecule has 0 spiro atoms. The summed E-state index contributed by atoms with van der Waals surface area (Å²) in [6, 6.07) is 27.5. The van der Waals surface area contributed by atoms with E-state index < -0.39 is 12.2 Å². The number of aromatic nitrogens is 2. The number of benzene rings is 3. The van der Waals surface area contributed by atoms with E-state index in [4.69, 9.17) is 0 Å². The summed E-state index contributed by atoms with van der Waals surface area (Å²) in [5.41, 5.74) is 3.56. The van der Waals surface area contributed by atoms with Gasteiger partial charge in [-0.1, -0.05) is 60.7 Å². The molecule has 35 heavy (non-hydrogen) atoms. The Hall–Kier alpha value is -3.88. The van der Waals surface area contributed by atoms with E-state index in [1.807, 2.05) is 72.8 Å². The Morgan fingerprint density at radius 3 is 1.80 bits per heavy atom. The molecule has 5 aromatic rings. The van der Waals surface area contributed by atoms with Crippen molar-refractivity contribution in [1.82, 2.24) is 9.97 Å². The summed E-state index contributed by atoms with van der Waals surface area (Å²) < 4.78 is 0. The van der Waals surface area contributed by atoms with Gasteiger partial charge in [0.25, 0.3) is 0 Å². The van der Waals surface area contributed by atoms with Crippen molar-refractivity contribution >= 4 is 27.5 Å². The predicted octanol–water partition coefficient (Wildman–Crippen LogP) is 5.03. The quantitative estimate of drug-likeness (QED) is 0.288. The first-order valence-electron chi connectivity index (χ1n) is 11.3. The molecule has 3 N–H and O–H groups in total. The third-order valence-corrected chi connectivity index (χ3v) is 6.12. The number of anilines is 1. The van der Waals surface area contributed by atoms with E-state index in [-0.39, 0.29) is 29.3 Å². The molecule has 2 heterocycles. The molecule has 0 bridgehead atoms. The Balaban J connectivity index is 1.37. The smallest absolute Gasteiger partial charge is 0.0865 e. The third-order valence-electron chi connectivity index (χ3n) is 6.12. The summed E-state index contributed by atoms with van der Waals surface area (Å²) in [4.78, 5) is 9.15. The zero-order valence-corrected chi connectivity index (χ0v) is 18.8. The van der Waals surface area contributed by atoms with Crippen LogP contribution in [0.3, 0.4) is 0 Å². The molecular formula is C28H24N3O4-. The molecule has 0 fully saturated rings. The fraction of sp³-hybridized carbons (Fsp3) is 0.143. The van der Waals surface area contributed by atoms with Gasteiger partial charge in [-0.15, -0.1) is 0 Å². The van der Waals surface area contributed by atoms with E-state index in [0.717, 1.165) is 21.8 Å². The molecule has 0 radical (unpaired) electrons. The lowest BCUT2D eigenvalue weighted by Crippen LogP contribution is -2.15. The van der Waals surface area contributed by atoms with Crippen molar-refractivity contribution in [2.45, 2.75) is 25.0 Å². The van der Waals surface area contributed by atoms with Crippen LogP contribution in [0, 0.1) is 5.21 Å². The van der Waals surface area contributed by atoms with E-state index in [1.54, 1.807) is 12.1 Å². The average Bonchev–Trinajstić information content (AvgIpc) is 2.88. The van der Waals surface area contributed by atoms with Gasteiger partial charge in [-0.05, 0) is 35.9 Å². The molecule has 2 atom stereocenters. The fourth-order valence-electron chi connectivity index (χ4n) is 4.28. The molecule has 7 heteroatoms. The summed E-state index contributed by atoms with van der Waals surface area (Å²) >= 11 is 0. The van der Waals surface area contributed by atoms with Crippen LogP contribution in [0.5, 0.6) is 0 Å². The summed E-state index contributed by atoms with van der Waals surface area (Å²) in [7, 11) is 0. The maximum Gasteiger partial charge on any atom is 0.0865 e. The van der Waals surface area contributed by atoms with Gasteiger partial charge >= 0.3 is 0 Å². The highest BCUT2D eigenvalue weighted by Crippen LogP contribution is 2.32. The SMILES string of the molecule is [O-]N(O)c1cc(C(O)Cc2ccc3ccccc3n2)ccc1C(O)Cc1ccc2ccccc2n1. The lowest BCUT2D eigenvalue weighted by atomic mass is 9.97. The predicted molar refractivity (Wildman–Crippen MR) is 135 cm³/mol. The van der Waals surface area contributed by atoms with Gasteiger partial charge in [0, 0.05) is 40.6 Å². The van der Waals surface area contributed by atoms with Gasteiger partial charge in [0.15, 0.2) is 0 Å². The largest absolute Gasteiger partial charge is 0.733 e. The van der Waals surface area contributed by atoms with Crippen LogP contribution in [0.25, 0.3) is 21.8 Å². The number of para-hydroxylation sites is 2. The van der Waals surface area contributed by atoms with Gasteiger partial charge < -0.3 is 20.6 Å². The van der Waals surface area contributed by atoms with Crippen molar-refractivity contribution in [3.8, 4) is 0 Å². The lowest BCUT2D eigenvalue weighted by Gasteiger charge is -2.28. The highest BCUT2D eigenvalue weighted by molar-refractivity contribution is 5.79. The number of aliphatic hydroxyl groups excluding tert-OH is 2. The molecule has 2 unspecified atom stereocenters. The Bertz CT molecular complexity index is 1490. The molecule has 7 nitrogen and oxygen atoms in total. The van der Waals surface area contributed by atoms with Gasteiger partial charge in [-0.3, -0.25) is 15.2 Å². The average molecular weight is 467 g/mol. The standard InChI is InChI=1S/C28H24N3O4/c32-27(16-21-12-9-18-5-1-3-7-24(18)29-21)20-11-14-23(26(15-20)31(34)35)28(33)17-22-13-10-19-6-2-4-8-25(19)30-22/h1-15,27-28,32-34H,16-17H2/q-1. The van der Waals surface area contributed by atoms with E-state index in [0.29, 0.717) is 17.0 Å². The molecule has 0 aliphatic rings. The minimum Gasteiger partial charge on any atom is -0.733 e. The second kappa shape index (κ2) is 9.77. The van der Waals surface area contributed by atoms with E-state index >= 15 is 0 Å². The third kappa shape index (κ3) is 4.99. The topological polar surface area (TPSA) is 113 Å². The first-order chi connectivity index (χ1) is 17.0. The Labute approximate surface area is 202 Å². The first-order valence-corrected chi connectivity index (χ1v) is 11.3. The van der Waals surface area contributed by atoms with Crippen LogP contribution in [0.1, 0.15) is 34.7 Å². The molecular weight excluding hydrogens is 442 g/mol. The molecule has 2 aromatic heterocycles. The van der Waals surface area contributed by atoms with Crippen molar-refractivity contribution < 1.29 is 15.4 Å². The Morgan fingerprint density at radius 1 is 0.686 bits per heavy atom. The summed E-state index contributed by atoms with van der Waals surface area (Å²) in [5, 5.41) is 45.0. The first kappa shape index (κ1) is 22.9. The second-order valence-electron chi connectivity index (χ2n) is 8.52. The number of hydrogen-bond donors (Lipinski definition) is 3. The maximum atomic E-state index is 11.9. The monoisotopic (exact) mass is 466 g/mol. The lowest BCUT2D eigenvalue weighted by molar-refractivity contribution is 0.172. The van der Waals surface area contributed by atoms with Crippen LogP contribution >= 0.6 is 0 Å². The molecule has 3 aromatic carbocycles. The molecule has 0 saturated carbocycles. The van der Waals surface area contributed by atoms with E-state index in [2.05, 4.69) is 9.97 Å². The van der Waals surface area contributed by atoms with E-state index in [1.165, 1.54) is 6.07 Å².